The summed E-state index contributed by atoms with van der Waals surface area (Å²) in [7, 11) is -6.76. The molecule has 8 heteroatoms. The van der Waals surface area contributed by atoms with Crippen LogP contribution >= 0.6 is 0 Å². The normalized spacial score (nSPS) is 14.0. The van der Waals surface area contributed by atoms with Crippen molar-refractivity contribution >= 4 is 43.6 Å². The first kappa shape index (κ1) is 57.2. The van der Waals surface area contributed by atoms with Gasteiger partial charge in [0.15, 0.2) is 25.0 Å². The molecule has 0 spiro atoms. The molecule has 0 aromatic heterocycles. The summed E-state index contributed by atoms with van der Waals surface area (Å²) in [6, 6.07) is 21.6. The molecule has 2 aromatic carbocycles. The van der Waals surface area contributed by atoms with Gasteiger partial charge in [0.2, 0.25) is 0 Å². The molecule has 0 aliphatic heterocycles. The molecule has 328 valence electrons. The zero-order chi connectivity index (χ0) is 45.2. The second-order valence-electron chi connectivity index (χ2n) is 23.9. The topological polar surface area (TPSA) is 36.9 Å². The molecule has 2 aromatic rings. The van der Waals surface area contributed by atoms with Crippen LogP contribution < -0.4 is 10.4 Å². The number of hydrogen-bond acceptors (Lipinski definition) is 4. The highest BCUT2D eigenvalue weighted by Gasteiger charge is 2.52. The lowest BCUT2D eigenvalue weighted by Crippen LogP contribution is -2.68. The van der Waals surface area contributed by atoms with Gasteiger partial charge >= 0.3 is 0 Å². The molecule has 0 heterocycles. The van der Waals surface area contributed by atoms with Gasteiger partial charge in [-0.3, -0.25) is 0 Å². The Balaban J connectivity index is 0. The standard InChI is InChI=1S/C20H28OSi.C11H26OSi.C10H24OSi.C7H18OSi/c1-19(2,3)21-22(20(4,5)6,17-13-9-7-10-14-17)18-15-11-8-12-16-18;1-9(2)13(8,10(3)4)12-11(5,6)7;1-9(2,3)11-12(7,8)10(4,5)6;1-7(2,3)8-9(4,5)6/h7-16H,1-6H3;9-10H,1-8H3;1-8H3;1-6H3. The van der Waals surface area contributed by atoms with Crippen LogP contribution in [0.15, 0.2) is 60.7 Å². The van der Waals surface area contributed by atoms with Crippen LogP contribution in [0.1, 0.15) is 152 Å². The molecule has 0 N–H and O–H groups in total. The van der Waals surface area contributed by atoms with Crippen molar-refractivity contribution in [1.29, 1.82) is 0 Å². The average Bonchev–Trinajstić information content (AvgIpc) is 2.92. The zero-order valence-electron chi connectivity index (χ0n) is 42.6. The summed E-state index contributed by atoms with van der Waals surface area (Å²) in [6.07, 6.45) is 0. The summed E-state index contributed by atoms with van der Waals surface area (Å²) in [5.41, 5.74) is 1.24. The molecule has 0 saturated heterocycles. The predicted octanol–water partition coefficient (Wildman–Crippen LogP) is 15.0. The lowest BCUT2D eigenvalue weighted by atomic mass is 10.2. The first-order chi connectivity index (χ1) is 24.4. The van der Waals surface area contributed by atoms with Crippen LogP contribution in [-0.2, 0) is 17.7 Å². The minimum absolute atomic E-state index is 0.00298. The van der Waals surface area contributed by atoms with Gasteiger partial charge in [-0.25, -0.2) is 0 Å². The maximum Gasteiger partial charge on any atom is 0.261 e. The molecule has 2 rings (SSSR count). The van der Waals surface area contributed by atoms with Gasteiger partial charge in [-0.05, 0) is 154 Å². The van der Waals surface area contributed by atoms with E-state index < -0.39 is 33.3 Å². The first-order valence-electron chi connectivity index (χ1n) is 21.3. The van der Waals surface area contributed by atoms with E-state index in [0.717, 1.165) is 0 Å². The summed E-state index contributed by atoms with van der Waals surface area (Å²) in [6.45, 7) is 62.1. The van der Waals surface area contributed by atoms with Gasteiger partial charge in [0, 0.05) is 22.4 Å². The van der Waals surface area contributed by atoms with Crippen molar-refractivity contribution in [1.82, 2.24) is 0 Å². The van der Waals surface area contributed by atoms with Crippen molar-refractivity contribution in [3.8, 4) is 0 Å². The summed E-state index contributed by atoms with van der Waals surface area (Å²) in [5, 5.41) is 3.04. The second-order valence-corrected chi connectivity index (χ2v) is 42.1. The van der Waals surface area contributed by atoms with Crippen LogP contribution in [0.25, 0.3) is 0 Å². The molecule has 0 saturated carbocycles. The van der Waals surface area contributed by atoms with E-state index in [4.69, 9.17) is 17.7 Å². The average molecular weight is 850 g/mol. The molecule has 0 aliphatic carbocycles. The molecule has 4 nitrogen and oxygen atoms in total. The highest BCUT2D eigenvalue weighted by atomic mass is 28.4. The molecular formula is C48H96O4Si4. The van der Waals surface area contributed by atoms with Crippen molar-refractivity contribution in [2.24, 2.45) is 0 Å². The Morgan fingerprint density at radius 2 is 0.661 bits per heavy atom. The summed E-state index contributed by atoms with van der Waals surface area (Å²) in [4.78, 5) is 0. The van der Waals surface area contributed by atoms with Crippen LogP contribution in [0.4, 0.5) is 0 Å². The Morgan fingerprint density at radius 3 is 0.804 bits per heavy atom. The van der Waals surface area contributed by atoms with Gasteiger partial charge in [0.05, 0.1) is 0 Å². The van der Waals surface area contributed by atoms with E-state index in [2.05, 4.69) is 252 Å². The highest BCUT2D eigenvalue weighted by Crippen LogP contribution is 2.40. The van der Waals surface area contributed by atoms with E-state index in [-0.39, 0.29) is 27.4 Å². The quantitative estimate of drug-likeness (QED) is 0.248. The maximum atomic E-state index is 6.90. The Morgan fingerprint density at radius 1 is 0.375 bits per heavy atom. The molecule has 0 unspecified atom stereocenters. The van der Waals surface area contributed by atoms with Gasteiger partial charge in [-0.1, -0.05) is 130 Å². The smallest absolute Gasteiger partial charge is 0.261 e. The lowest BCUT2D eigenvalue weighted by molar-refractivity contribution is 0.111. The molecule has 56 heavy (non-hydrogen) atoms. The fourth-order valence-electron chi connectivity index (χ4n) is 6.51. The lowest BCUT2D eigenvalue weighted by Gasteiger charge is -2.46. The van der Waals surface area contributed by atoms with Crippen molar-refractivity contribution in [2.45, 2.75) is 235 Å². The summed E-state index contributed by atoms with van der Waals surface area (Å²) >= 11 is 0. The Kier molecular flexibility index (Phi) is 21.6. The molecule has 0 fully saturated rings. The van der Waals surface area contributed by atoms with Crippen LogP contribution in [0.5, 0.6) is 0 Å². The highest BCUT2D eigenvalue weighted by molar-refractivity contribution is 6.99. The van der Waals surface area contributed by atoms with E-state index in [1.165, 1.54) is 10.4 Å². The van der Waals surface area contributed by atoms with Gasteiger partial charge < -0.3 is 17.7 Å². The maximum absolute atomic E-state index is 6.90. The molecule has 0 atom stereocenters. The van der Waals surface area contributed by atoms with Crippen molar-refractivity contribution in [3.05, 3.63) is 60.7 Å². The van der Waals surface area contributed by atoms with Gasteiger partial charge in [0.25, 0.3) is 8.32 Å². The Hall–Kier alpha value is -0.852. The number of rotatable bonds is 8. The summed E-state index contributed by atoms with van der Waals surface area (Å²) < 4.78 is 25.1. The molecule has 0 bridgehead atoms. The Bertz CT molecular complexity index is 1300. The summed E-state index contributed by atoms with van der Waals surface area (Å²) in [5.74, 6) is 0. The van der Waals surface area contributed by atoms with Gasteiger partial charge in [-0.15, -0.1) is 0 Å². The third kappa shape index (κ3) is 21.9. The van der Waals surface area contributed by atoms with Crippen molar-refractivity contribution in [2.75, 3.05) is 0 Å². The van der Waals surface area contributed by atoms with E-state index >= 15 is 0 Å². The first-order valence-corrected chi connectivity index (χ1v) is 32.1. The van der Waals surface area contributed by atoms with E-state index in [1.54, 1.807) is 0 Å². The third-order valence-electron chi connectivity index (χ3n) is 9.67. The van der Waals surface area contributed by atoms with Crippen molar-refractivity contribution in [3.63, 3.8) is 0 Å². The van der Waals surface area contributed by atoms with Crippen LogP contribution in [0.2, 0.25) is 60.4 Å². The molecular weight excluding hydrogens is 753 g/mol. The minimum atomic E-state index is -2.38. The van der Waals surface area contributed by atoms with E-state index in [9.17, 15) is 0 Å². The fraction of sp³-hybridized carbons (Fsp3) is 0.750. The van der Waals surface area contributed by atoms with Crippen LogP contribution in [-0.4, -0.2) is 55.7 Å². The van der Waals surface area contributed by atoms with Crippen molar-refractivity contribution < 1.29 is 17.7 Å². The monoisotopic (exact) mass is 849 g/mol. The zero-order valence-corrected chi connectivity index (χ0v) is 46.6. The van der Waals surface area contributed by atoms with Gasteiger partial charge in [0.1, 0.15) is 0 Å². The van der Waals surface area contributed by atoms with E-state index in [1.807, 2.05) is 0 Å². The number of hydrogen-bond donors (Lipinski definition) is 0. The van der Waals surface area contributed by atoms with E-state index in [0.29, 0.717) is 16.1 Å². The largest absolute Gasteiger partial charge is 0.413 e. The third-order valence-corrected chi connectivity index (χ3v) is 26.6. The fourth-order valence-corrected chi connectivity index (χ4v) is 18.2. The molecule has 0 aliphatic rings. The van der Waals surface area contributed by atoms with Crippen LogP contribution in [0.3, 0.4) is 0 Å². The van der Waals surface area contributed by atoms with Crippen LogP contribution in [0, 0.1) is 0 Å². The molecule has 0 radical (unpaired) electrons. The predicted molar refractivity (Wildman–Crippen MR) is 263 cm³/mol. The number of benzene rings is 2. The molecule has 0 amide bonds. The Labute approximate surface area is 355 Å². The second kappa shape index (κ2) is 21.1. The SMILES string of the molecule is CC(C)(C)O[Si](C)(C)C.CC(C)(C)O[Si](C)(C)C(C)(C)C.CC(C)(C)O[Si](c1ccccc1)(c1ccccc1)C(C)(C)C.CC(C)[Si](C)(OC(C)(C)C)C(C)C. The van der Waals surface area contributed by atoms with Gasteiger partial charge in [-0.2, -0.15) is 0 Å². The minimum Gasteiger partial charge on any atom is -0.413 e.